The van der Waals surface area contributed by atoms with Crippen LogP contribution in [0.15, 0.2) is 140 Å². The van der Waals surface area contributed by atoms with Crippen LogP contribution >= 0.6 is 0 Å². The fraction of sp³-hybridized carbons (Fsp3) is 0.242. The summed E-state index contributed by atoms with van der Waals surface area (Å²) in [6, 6.07) is 51.9. The predicted octanol–water partition coefficient (Wildman–Crippen LogP) is 17.9. The highest BCUT2D eigenvalue weighted by molar-refractivity contribution is 6.29. The van der Waals surface area contributed by atoms with Gasteiger partial charge in [0.2, 0.25) is 0 Å². The van der Waals surface area contributed by atoms with E-state index < -0.39 is 0 Å². The van der Waals surface area contributed by atoms with Crippen molar-refractivity contribution in [2.24, 2.45) is 0 Å². The first-order valence-corrected chi connectivity index (χ1v) is 23.0. The summed E-state index contributed by atoms with van der Waals surface area (Å²) in [5, 5.41) is 7.97. The van der Waals surface area contributed by atoms with Gasteiger partial charge in [-0.1, -0.05) is 179 Å². The van der Waals surface area contributed by atoms with Gasteiger partial charge in [-0.3, -0.25) is 4.98 Å². The van der Waals surface area contributed by atoms with E-state index in [-0.39, 0.29) is 16.2 Å². The van der Waals surface area contributed by atoms with E-state index in [1.54, 1.807) is 0 Å². The summed E-state index contributed by atoms with van der Waals surface area (Å²) in [5.74, 6) is 0.400. The zero-order valence-electron chi connectivity index (χ0n) is 38.8. The molecule has 1 heterocycles. The molecule has 0 bridgehead atoms. The zero-order valence-corrected chi connectivity index (χ0v) is 38.8. The lowest BCUT2D eigenvalue weighted by molar-refractivity contribution is 0.569. The minimum atomic E-state index is -0.0155. The van der Waals surface area contributed by atoms with Crippen molar-refractivity contribution in [1.82, 2.24) is 4.98 Å². The molecule has 0 radical (unpaired) electrons. The molecule has 0 aliphatic heterocycles. The fourth-order valence-electron chi connectivity index (χ4n) is 10.6. The summed E-state index contributed by atoms with van der Waals surface area (Å²) in [4.78, 5) is 4.71. The van der Waals surface area contributed by atoms with Gasteiger partial charge in [0.05, 0.1) is 5.69 Å². The van der Waals surface area contributed by atoms with Crippen LogP contribution in [0.25, 0.3) is 110 Å². The van der Waals surface area contributed by atoms with Gasteiger partial charge in [-0.25, -0.2) is 0 Å². The Kier molecular flexibility index (Phi) is 8.53. The van der Waals surface area contributed by atoms with E-state index in [4.69, 9.17) is 4.98 Å². The van der Waals surface area contributed by atoms with Crippen LogP contribution in [0.4, 0.5) is 0 Å². The van der Waals surface area contributed by atoms with E-state index in [0.717, 1.165) is 11.3 Å². The minimum absolute atomic E-state index is 0.00187. The van der Waals surface area contributed by atoms with Crippen LogP contribution in [-0.4, -0.2) is 4.98 Å². The molecule has 0 unspecified atom stereocenters. The van der Waals surface area contributed by atoms with Crippen LogP contribution in [-0.2, 0) is 16.2 Å². The van der Waals surface area contributed by atoms with Crippen LogP contribution in [0, 0.1) is 0 Å². The monoisotopic (exact) mass is 815 g/mol. The lowest BCUT2D eigenvalue weighted by Gasteiger charge is -2.27. The maximum absolute atomic E-state index is 4.71. The number of aromatic nitrogens is 1. The Hall–Kier alpha value is -6.31. The first-order chi connectivity index (χ1) is 30.0. The van der Waals surface area contributed by atoms with Gasteiger partial charge >= 0.3 is 0 Å². The molecular weight excluding hydrogens is 759 g/mol. The largest absolute Gasteiger partial charge is 0.256 e. The van der Waals surface area contributed by atoms with Crippen LogP contribution in [0.5, 0.6) is 0 Å². The van der Waals surface area contributed by atoms with E-state index in [1.807, 2.05) is 12.3 Å². The molecule has 0 saturated carbocycles. The van der Waals surface area contributed by atoms with Gasteiger partial charge < -0.3 is 0 Å². The zero-order chi connectivity index (χ0) is 43.9. The molecule has 0 amide bonds. The third-order valence-corrected chi connectivity index (χ3v) is 14.2. The molecule has 1 aromatic heterocycles. The molecule has 310 valence electrons. The van der Waals surface area contributed by atoms with Gasteiger partial charge in [-0.05, 0) is 174 Å². The third kappa shape index (κ3) is 6.14. The SMILES string of the molecule is CC(C)c1cc(-c2c3ccccc3c(-c3cc(C(C)(C)C)cc(C(C)(C)C)c3)c3cc4c(cc23)-c2ccc3c5c(ccc-4c25)-c2cc(-c4ccccn4)ccc2-3)cc(C(C)(C)C)c1. The number of rotatable bonds is 4. The van der Waals surface area contributed by atoms with Crippen LogP contribution in [0.1, 0.15) is 104 Å². The molecule has 1 heteroatoms. The molecule has 9 aromatic rings. The van der Waals surface area contributed by atoms with Crippen molar-refractivity contribution in [2.45, 2.75) is 98.3 Å². The van der Waals surface area contributed by atoms with Crippen molar-refractivity contribution in [2.75, 3.05) is 0 Å². The van der Waals surface area contributed by atoms with Crippen LogP contribution < -0.4 is 0 Å². The summed E-state index contributed by atoms with van der Waals surface area (Å²) in [6.07, 6.45) is 1.88. The van der Waals surface area contributed by atoms with Gasteiger partial charge in [0.1, 0.15) is 0 Å². The predicted molar refractivity (Wildman–Crippen MR) is 272 cm³/mol. The lowest BCUT2D eigenvalue weighted by atomic mass is 9.77. The summed E-state index contributed by atoms with van der Waals surface area (Å²) < 4.78 is 0. The molecule has 11 rings (SSSR count). The molecule has 8 aromatic carbocycles. The van der Waals surface area contributed by atoms with E-state index in [0.29, 0.717) is 5.92 Å². The standard InChI is InChI=1S/C62H57N/c1-35(2)37-26-38(28-40(27-37)60(3,4)5)56-44-16-12-13-17-45(44)57(39-29-41(61(6,7)8)32-42(30-39)62(9,10)11)54-34-52-49-24-23-47-50-31-36(55-18-14-15-25-63-55)19-20-43(50)46-21-22-48(59(49)58(46)47)51(52)33-53(54)56/h12-35H,1-11H3. The third-order valence-electron chi connectivity index (χ3n) is 14.2. The Labute approximate surface area is 373 Å². The highest BCUT2D eigenvalue weighted by Crippen LogP contribution is 2.58. The lowest BCUT2D eigenvalue weighted by Crippen LogP contribution is -2.16. The van der Waals surface area contributed by atoms with Crippen molar-refractivity contribution < 1.29 is 0 Å². The molecule has 2 aliphatic carbocycles. The maximum atomic E-state index is 4.71. The summed E-state index contributed by atoms with van der Waals surface area (Å²) in [5.41, 5.74) is 23.4. The van der Waals surface area contributed by atoms with Crippen molar-refractivity contribution in [3.63, 3.8) is 0 Å². The van der Waals surface area contributed by atoms with Crippen molar-refractivity contribution in [1.29, 1.82) is 0 Å². The number of nitrogens with zero attached hydrogens (tertiary/aromatic N) is 1. The average Bonchev–Trinajstić information content (AvgIpc) is 3.74. The number of benzene rings is 8. The molecule has 63 heavy (non-hydrogen) atoms. The number of pyridine rings is 1. The number of hydrogen-bond donors (Lipinski definition) is 0. The smallest absolute Gasteiger partial charge is 0.0702 e. The molecule has 0 atom stereocenters. The van der Waals surface area contributed by atoms with Gasteiger partial charge in [0, 0.05) is 11.8 Å². The second kappa shape index (κ2) is 13.6. The summed E-state index contributed by atoms with van der Waals surface area (Å²) in [7, 11) is 0. The first-order valence-electron chi connectivity index (χ1n) is 23.0. The van der Waals surface area contributed by atoms with Crippen molar-refractivity contribution >= 4 is 32.3 Å². The van der Waals surface area contributed by atoms with Gasteiger partial charge in [-0.2, -0.15) is 0 Å². The molecule has 2 aliphatic rings. The van der Waals surface area contributed by atoms with E-state index in [2.05, 4.69) is 204 Å². The molecular formula is C62H57N. The van der Waals surface area contributed by atoms with Crippen molar-refractivity contribution in [3.05, 3.63) is 162 Å². The first kappa shape index (κ1) is 39.5. The number of fused-ring (bicyclic) bond motifs is 8. The topological polar surface area (TPSA) is 12.9 Å². The highest BCUT2D eigenvalue weighted by Gasteiger charge is 2.32. The van der Waals surface area contributed by atoms with Crippen LogP contribution in [0.3, 0.4) is 0 Å². The van der Waals surface area contributed by atoms with E-state index in [9.17, 15) is 0 Å². The molecule has 0 spiro atoms. The van der Waals surface area contributed by atoms with Crippen molar-refractivity contribution in [3.8, 4) is 78.0 Å². The van der Waals surface area contributed by atoms with Gasteiger partial charge in [0.15, 0.2) is 0 Å². The molecule has 0 saturated heterocycles. The Balaban J connectivity index is 1.25. The molecule has 0 N–H and O–H groups in total. The average molecular weight is 816 g/mol. The normalized spacial score (nSPS) is 13.1. The second-order valence-corrected chi connectivity index (χ2v) is 21.8. The maximum Gasteiger partial charge on any atom is 0.0702 e. The fourth-order valence-corrected chi connectivity index (χ4v) is 10.6. The van der Waals surface area contributed by atoms with E-state index in [1.165, 1.54) is 121 Å². The van der Waals surface area contributed by atoms with E-state index >= 15 is 0 Å². The highest BCUT2D eigenvalue weighted by atomic mass is 14.7. The Morgan fingerprint density at radius 1 is 0.365 bits per heavy atom. The Morgan fingerprint density at radius 3 is 1.29 bits per heavy atom. The van der Waals surface area contributed by atoms with Gasteiger partial charge in [-0.15, -0.1) is 0 Å². The molecule has 1 nitrogen and oxygen atoms in total. The van der Waals surface area contributed by atoms with Gasteiger partial charge in [0.25, 0.3) is 0 Å². The van der Waals surface area contributed by atoms with Crippen LogP contribution in [0.2, 0.25) is 0 Å². The quantitative estimate of drug-likeness (QED) is 0.161. The summed E-state index contributed by atoms with van der Waals surface area (Å²) >= 11 is 0. The molecule has 0 fully saturated rings. The Morgan fingerprint density at radius 2 is 0.810 bits per heavy atom. The summed E-state index contributed by atoms with van der Waals surface area (Å²) in [6.45, 7) is 25.8. The Bertz CT molecular complexity index is 3360. The minimum Gasteiger partial charge on any atom is -0.256 e. The number of hydrogen-bond acceptors (Lipinski definition) is 1. The second-order valence-electron chi connectivity index (χ2n) is 21.8.